The molecule has 0 aliphatic rings. The molecule has 1 unspecified atom stereocenters. The van der Waals surface area contributed by atoms with E-state index in [-0.39, 0.29) is 6.03 Å². The van der Waals surface area contributed by atoms with E-state index in [0.717, 1.165) is 11.1 Å². The minimum absolute atomic E-state index is 0.304. The lowest BCUT2D eigenvalue weighted by molar-refractivity contribution is 0.251. The summed E-state index contributed by atoms with van der Waals surface area (Å²) in [6.07, 6.45) is 1.56. The summed E-state index contributed by atoms with van der Waals surface area (Å²) < 4.78 is 21.2. The van der Waals surface area contributed by atoms with Crippen molar-refractivity contribution in [3.8, 4) is 11.1 Å². The van der Waals surface area contributed by atoms with E-state index >= 15 is 0 Å². The molecule has 4 aromatic rings. The van der Waals surface area contributed by atoms with Gasteiger partial charge in [-0.2, -0.15) is 0 Å². The highest BCUT2D eigenvalue weighted by molar-refractivity contribution is 7.86. The highest BCUT2D eigenvalue weighted by Gasteiger charge is 2.11. The lowest BCUT2D eigenvalue weighted by Gasteiger charge is -2.12. The molecule has 156 valence electrons. The first kappa shape index (κ1) is 20.4. The quantitative estimate of drug-likeness (QED) is 0.366. The van der Waals surface area contributed by atoms with Crippen molar-refractivity contribution in [3.63, 3.8) is 0 Å². The van der Waals surface area contributed by atoms with Crippen molar-refractivity contribution in [2.75, 3.05) is 10.0 Å². The SMILES string of the molecule is O=C(NCc1ccco1)Nc1ccc(NS(=O)c2ccccc2-c2ccccc2)cc1. The van der Waals surface area contributed by atoms with E-state index in [1.165, 1.54) is 0 Å². The Hall–Kier alpha value is -3.84. The standard InChI is InChI=1S/C24H21N3O3S/c28-24(25-17-21-9-6-16-30-21)26-19-12-14-20(15-13-19)27-31(29)23-11-5-4-10-22(23)18-7-2-1-3-8-18/h1-16,27H,17H2,(H2,25,26,28). The van der Waals surface area contributed by atoms with Gasteiger partial charge in [-0.05, 0) is 53.6 Å². The minimum atomic E-state index is -1.44. The van der Waals surface area contributed by atoms with Crippen LogP contribution < -0.4 is 15.4 Å². The van der Waals surface area contributed by atoms with E-state index in [1.807, 2.05) is 54.6 Å². The smallest absolute Gasteiger partial charge is 0.319 e. The number of rotatable bonds is 7. The van der Waals surface area contributed by atoms with Crippen molar-refractivity contribution < 1.29 is 13.4 Å². The Morgan fingerprint density at radius 2 is 1.52 bits per heavy atom. The fourth-order valence-corrected chi connectivity index (χ4v) is 4.07. The van der Waals surface area contributed by atoms with Gasteiger partial charge in [-0.3, -0.25) is 0 Å². The Kier molecular flexibility index (Phi) is 6.44. The van der Waals surface area contributed by atoms with Gasteiger partial charge in [-0.1, -0.05) is 48.5 Å². The van der Waals surface area contributed by atoms with Crippen molar-refractivity contribution in [2.45, 2.75) is 11.4 Å². The number of carbonyl (C=O) groups is 1. The van der Waals surface area contributed by atoms with Gasteiger partial charge >= 0.3 is 6.03 Å². The molecule has 1 heterocycles. The molecule has 4 rings (SSSR count). The van der Waals surface area contributed by atoms with Gasteiger partial charge in [0.1, 0.15) is 5.76 Å². The number of hydrogen-bond acceptors (Lipinski definition) is 3. The number of hydrogen-bond donors (Lipinski definition) is 3. The number of nitrogens with one attached hydrogen (secondary N) is 3. The van der Waals surface area contributed by atoms with Crippen LogP contribution in [-0.2, 0) is 17.5 Å². The van der Waals surface area contributed by atoms with E-state index < -0.39 is 11.0 Å². The van der Waals surface area contributed by atoms with E-state index in [9.17, 15) is 9.00 Å². The van der Waals surface area contributed by atoms with Crippen molar-refractivity contribution in [2.24, 2.45) is 0 Å². The summed E-state index contributed by atoms with van der Waals surface area (Å²) in [5.41, 5.74) is 3.23. The van der Waals surface area contributed by atoms with Gasteiger partial charge in [-0.25, -0.2) is 9.00 Å². The summed E-state index contributed by atoms with van der Waals surface area (Å²) in [7, 11) is -1.44. The van der Waals surface area contributed by atoms with Crippen LogP contribution in [-0.4, -0.2) is 10.2 Å². The Morgan fingerprint density at radius 1 is 0.806 bits per heavy atom. The van der Waals surface area contributed by atoms with Gasteiger partial charge in [0.15, 0.2) is 11.0 Å². The maximum absolute atomic E-state index is 13.0. The van der Waals surface area contributed by atoms with Crippen LogP contribution >= 0.6 is 0 Å². The van der Waals surface area contributed by atoms with Gasteiger partial charge in [0.25, 0.3) is 0 Å². The highest BCUT2D eigenvalue weighted by Crippen LogP contribution is 2.27. The first-order valence-electron chi connectivity index (χ1n) is 9.69. The number of furan rings is 1. The highest BCUT2D eigenvalue weighted by atomic mass is 32.2. The second-order valence-corrected chi connectivity index (χ2v) is 7.88. The summed E-state index contributed by atoms with van der Waals surface area (Å²) in [6.45, 7) is 0.304. The third-order valence-corrected chi connectivity index (χ3v) is 5.70. The molecule has 31 heavy (non-hydrogen) atoms. The molecule has 0 spiro atoms. The summed E-state index contributed by atoms with van der Waals surface area (Å²) in [6, 6.07) is 27.7. The summed E-state index contributed by atoms with van der Waals surface area (Å²) >= 11 is 0. The maximum Gasteiger partial charge on any atom is 0.319 e. The fraction of sp³-hybridized carbons (Fsp3) is 0.0417. The molecule has 0 aliphatic carbocycles. The molecule has 3 N–H and O–H groups in total. The average molecular weight is 432 g/mol. The molecule has 0 fully saturated rings. The minimum Gasteiger partial charge on any atom is -0.467 e. The van der Waals surface area contributed by atoms with Crippen LogP contribution in [0.2, 0.25) is 0 Å². The lowest BCUT2D eigenvalue weighted by Crippen LogP contribution is -2.27. The van der Waals surface area contributed by atoms with Crippen LogP contribution in [0.15, 0.2) is 107 Å². The molecule has 0 bridgehead atoms. The molecule has 1 aromatic heterocycles. The lowest BCUT2D eigenvalue weighted by atomic mass is 10.1. The number of urea groups is 1. The van der Waals surface area contributed by atoms with E-state index in [0.29, 0.717) is 28.6 Å². The number of amides is 2. The topological polar surface area (TPSA) is 83.4 Å². The van der Waals surface area contributed by atoms with Crippen LogP contribution in [0, 0.1) is 0 Å². The first-order chi connectivity index (χ1) is 15.2. The van der Waals surface area contributed by atoms with Crippen molar-refractivity contribution in [1.82, 2.24) is 5.32 Å². The molecule has 0 saturated carbocycles. The summed E-state index contributed by atoms with van der Waals surface area (Å²) in [5, 5.41) is 5.47. The summed E-state index contributed by atoms with van der Waals surface area (Å²) in [5.74, 6) is 0.674. The van der Waals surface area contributed by atoms with Gasteiger partial charge in [0.2, 0.25) is 0 Å². The van der Waals surface area contributed by atoms with Crippen molar-refractivity contribution in [1.29, 1.82) is 0 Å². The average Bonchev–Trinajstić information content (AvgIpc) is 3.33. The van der Waals surface area contributed by atoms with Crippen LogP contribution in [0.4, 0.5) is 16.2 Å². The molecular weight excluding hydrogens is 410 g/mol. The largest absolute Gasteiger partial charge is 0.467 e. The normalized spacial score (nSPS) is 11.5. The zero-order valence-electron chi connectivity index (χ0n) is 16.6. The maximum atomic E-state index is 13.0. The molecule has 0 radical (unpaired) electrons. The second kappa shape index (κ2) is 9.77. The number of carbonyl (C=O) groups excluding carboxylic acids is 1. The molecule has 7 heteroatoms. The molecular formula is C24H21N3O3S. The molecule has 6 nitrogen and oxygen atoms in total. The predicted molar refractivity (Wildman–Crippen MR) is 123 cm³/mol. The van der Waals surface area contributed by atoms with Gasteiger partial charge < -0.3 is 19.8 Å². The van der Waals surface area contributed by atoms with Crippen LogP contribution in [0.3, 0.4) is 0 Å². The van der Waals surface area contributed by atoms with Gasteiger partial charge in [0, 0.05) is 11.4 Å². The predicted octanol–water partition coefficient (Wildman–Crippen LogP) is 5.40. The zero-order chi connectivity index (χ0) is 21.5. The molecule has 3 aromatic carbocycles. The molecule has 0 saturated heterocycles. The second-order valence-electron chi connectivity index (χ2n) is 6.70. The van der Waals surface area contributed by atoms with Crippen LogP contribution in [0.1, 0.15) is 5.76 Å². The summed E-state index contributed by atoms with van der Waals surface area (Å²) in [4.78, 5) is 12.7. The molecule has 2 amide bonds. The van der Waals surface area contributed by atoms with E-state index in [2.05, 4.69) is 15.4 Å². The van der Waals surface area contributed by atoms with E-state index in [4.69, 9.17) is 4.42 Å². The van der Waals surface area contributed by atoms with Gasteiger partial charge in [-0.15, -0.1) is 0 Å². The number of anilines is 2. The zero-order valence-corrected chi connectivity index (χ0v) is 17.4. The van der Waals surface area contributed by atoms with Crippen LogP contribution in [0.25, 0.3) is 11.1 Å². The van der Waals surface area contributed by atoms with Gasteiger partial charge in [0.05, 0.1) is 17.7 Å². The third-order valence-electron chi connectivity index (χ3n) is 4.53. The van der Waals surface area contributed by atoms with Crippen LogP contribution in [0.5, 0.6) is 0 Å². The first-order valence-corrected chi connectivity index (χ1v) is 10.8. The van der Waals surface area contributed by atoms with E-state index in [1.54, 1.807) is 42.7 Å². The Labute approximate surface area is 182 Å². The van der Waals surface area contributed by atoms with Crippen molar-refractivity contribution >= 4 is 28.4 Å². The number of benzene rings is 3. The molecule has 1 atom stereocenters. The third kappa shape index (κ3) is 5.40. The molecule has 0 aliphatic heterocycles. The fourth-order valence-electron chi connectivity index (χ4n) is 3.02. The monoisotopic (exact) mass is 431 g/mol. The Balaban J connectivity index is 1.38. The Bertz CT molecular complexity index is 1160. The Morgan fingerprint density at radius 3 is 2.26 bits per heavy atom. The van der Waals surface area contributed by atoms with Crippen molar-refractivity contribution in [3.05, 3.63) is 103 Å².